The van der Waals surface area contributed by atoms with E-state index in [0.29, 0.717) is 19.5 Å². The first-order valence-corrected chi connectivity index (χ1v) is 8.65. The zero-order valence-electron chi connectivity index (χ0n) is 15.0. The van der Waals surface area contributed by atoms with Gasteiger partial charge in [-0.15, -0.1) is 0 Å². The van der Waals surface area contributed by atoms with Crippen LogP contribution in [-0.4, -0.2) is 50.7 Å². The highest BCUT2D eigenvalue weighted by atomic mass is 19.4. The monoisotopic (exact) mass is 396 g/mol. The summed E-state index contributed by atoms with van der Waals surface area (Å²) in [6, 6.07) is 2.25. The summed E-state index contributed by atoms with van der Waals surface area (Å²) in [6.45, 7) is 2.61. The van der Waals surface area contributed by atoms with Crippen LogP contribution in [0.2, 0.25) is 0 Å². The maximum absolute atomic E-state index is 13.4. The van der Waals surface area contributed by atoms with Crippen LogP contribution >= 0.6 is 0 Å². The highest BCUT2D eigenvalue weighted by Crippen LogP contribution is 2.36. The van der Waals surface area contributed by atoms with Crippen molar-refractivity contribution in [2.24, 2.45) is 0 Å². The Kier molecular flexibility index (Phi) is 5.52. The van der Waals surface area contributed by atoms with Crippen molar-refractivity contribution in [2.75, 3.05) is 18.4 Å². The van der Waals surface area contributed by atoms with Crippen LogP contribution in [0, 0.1) is 0 Å². The maximum Gasteiger partial charge on any atom is 0.418 e. The van der Waals surface area contributed by atoms with Crippen molar-refractivity contribution < 1.29 is 22.8 Å². The first-order chi connectivity index (χ1) is 13.2. The van der Waals surface area contributed by atoms with Crippen molar-refractivity contribution in [1.82, 2.24) is 25.0 Å². The third-order valence-corrected chi connectivity index (χ3v) is 4.28. The fraction of sp³-hybridized carbons (Fsp3) is 0.412. The number of anilines is 1. The average molecular weight is 396 g/mol. The number of carbonyl (C=O) groups is 2. The number of benzene rings is 1. The van der Waals surface area contributed by atoms with Gasteiger partial charge in [-0.2, -0.15) is 18.3 Å². The SMILES string of the molecule is C[C@@H](CN1CCCC1=O)NC(=O)Nc1ccc(-n2cncn2)cc1C(F)(F)F. The predicted molar refractivity (Wildman–Crippen MR) is 93.8 cm³/mol. The predicted octanol–water partition coefficient (Wildman–Crippen LogP) is 2.42. The van der Waals surface area contributed by atoms with Gasteiger partial charge in [0.25, 0.3) is 0 Å². The van der Waals surface area contributed by atoms with E-state index in [1.807, 2.05) is 0 Å². The fourth-order valence-corrected chi connectivity index (χ4v) is 3.02. The minimum absolute atomic E-state index is 0.0112. The summed E-state index contributed by atoms with van der Waals surface area (Å²) in [5.41, 5.74) is -1.21. The highest BCUT2D eigenvalue weighted by Gasteiger charge is 2.34. The van der Waals surface area contributed by atoms with Gasteiger partial charge < -0.3 is 15.5 Å². The molecule has 150 valence electrons. The molecule has 1 saturated heterocycles. The molecule has 2 aromatic rings. The lowest BCUT2D eigenvalue weighted by molar-refractivity contribution is -0.137. The smallest absolute Gasteiger partial charge is 0.341 e. The van der Waals surface area contributed by atoms with Gasteiger partial charge in [0.05, 0.1) is 16.9 Å². The van der Waals surface area contributed by atoms with E-state index in [-0.39, 0.29) is 17.3 Å². The van der Waals surface area contributed by atoms with Crippen LogP contribution in [0.15, 0.2) is 30.9 Å². The number of alkyl halides is 3. The molecule has 1 aliphatic heterocycles. The summed E-state index contributed by atoms with van der Waals surface area (Å²) >= 11 is 0. The zero-order chi connectivity index (χ0) is 20.3. The van der Waals surface area contributed by atoms with E-state index in [2.05, 4.69) is 20.7 Å². The number of urea groups is 1. The summed E-state index contributed by atoms with van der Waals surface area (Å²) in [7, 11) is 0. The van der Waals surface area contributed by atoms with E-state index >= 15 is 0 Å². The first kappa shape index (κ1) is 19.6. The van der Waals surface area contributed by atoms with Gasteiger partial charge in [0.1, 0.15) is 12.7 Å². The summed E-state index contributed by atoms with van der Waals surface area (Å²) in [5.74, 6) is 0.0112. The van der Waals surface area contributed by atoms with Crippen LogP contribution < -0.4 is 10.6 Å². The molecule has 1 aliphatic rings. The molecular weight excluding hydrogens is 377 g/mol. The van der Waals surface area contributed by atoms with E-state index in [1.165, 1.54) is 23.4 Å². The Bertz CT molecular complexity index is 853. The number of rotatable bonds is 5. The van der Waals surface area contributed by atoms with Crippen LogP contribution in [0.1, 0.15) is 25.3 Å². The van der Waals surface area contributed by atoms with Gasteiger partial charge in [-0.3, -0.25) is 4.79 Å². The molecule has 2 heterocycles. The molecule has 3 amide bonds. The minimum atomic E-state index is -4.67. The number of nitrogens with one attached hydrogen (secondary N) is 2. The molecule has 0 bridgehead atoms. The molecule has 0 unspecified atom stereocenters. The van der Waals surface area contributed by atoms with Crippen molar-refractivity contribution in [3.05, 3.63) is 36.4 Å². The molecule has 0 saturated carbocycles. The quantitative estimate of drug-likeness (QED) is 0.812. The van der Waals surface area contributed by atoms with Crippen molar-refractivity contribution in [3.8, 4) is 5.69 Å². The Morgan fingerprint density at radius 1 is 1.36 bits per heavy atom. The molecule has 2 N–H and O–H groups in total. The van der Waals surface area contributed by atoms with Gasteiger partial charge in [0.2, 0.25) is 5.91 Å². The summed E-state index contributed by atoms with van der Waals surface area (Å²) in [4.78, 5) is 29.1. The lowest BCUT2D eigenvalue weighted by Gasteiger charge is -2.22. The molecule has 0 radical (unpaired) electrons. The molecule has 1 aromatic carbocycles. The Morgan fingerprint density at radius 3 is 2.75 bits per heavy atom. The van der Waals surface area contributed by atoms with Crippen molar-refractivity contribution in [3.63, 3.8) is 0 Å². The maximum atomic E-state index is 13.4. The van der Waals surface area contributed by atoms with Crippen LogP contribution in [0.3, 0.4) is 0 Å². The van der Waals surface area contributed by atoms with Crippen molar-refractivity contribution in [1.29, 1.82) is 0 Å². The highest BCUT2D eigenvalue weighted by molar-refractivity contribution is 5.90. The second kappa shape index (κ2) is 7.87. The molecule has 1 fully saturated rings. The van der Waals surface area contributed by atoms with E-state index in [0.717, 1.165) is 18.6 Å². The molecule has 8 nitrogen and oxygen atoms in total. The van der Waals surface area contributed by atoms with Crippen LogP contribution in [0.4, 0.5) is 23.7 Å². The third-order valence-electron chi connectivity index (χ3n) is 4.28. The Balaban J connectivity index is 1.70. The third kappa shape index (κ3) is 4.59. The Hall–Kier alpha value is -3.11. The molecule has 3 rings (SSSR count). The van der Waals surface area contributed by atoms with E-state index in [1.54, 1.807) is 11.8 Å². The number of hydrogen-bond donors (Lipinski definition) is 2. The standard InChI is InChI=1S/C17H19F3N6O2/c1-11(8-25-6-2-3-15(25)27)23-16(28)24-14-5-4-12(26-10-21-9-22-26)7-13(14)17(18,19)20/h4-5,7,9-11H,2-3,6,8H2,1H3,(H2,23,24,28)/t11-/m0/s1. The van der Waals surface area contributed by atoms with Crippen LogP contribution in [0.25, 0.3) is 5.69 Å². The summed E-state index contributed by atoms with van der Waals surface area (Å²) in [6.07, 6.45) is -0.945. The number of likely N-dealkylation sites (tertiary alicyclic amines) is 1. The van der Waals surface area contributed by atoms with Gasteiger partial charge in [-0.05, 0) is 31.5 Å². The first-order valence-electron chi connectivity index (χ1n) is 8.65. The minimum Gasteiger partial charge on any atom is -0.341 e. The van der Waals surface area contributed by atoms with Gasteiger partial charge in [-0.1, -0.05) is 0 Å². The number of nitrogens with zero attached hydrogens (tertiary/aromatic N) is 4. The fourth-order valence-electron chi connectivity index (χ4n) is 3.02. The van der Waals surface area contributed by atoms with Gasteiger partial charge in [-0.25, -0.2) is 14.5 Å². The van der Waals surface area contributed by atoms with Crippen molar-refractivity contribution in [2.45, 2.75) is 32.0 Å². The molecule has 1 aromatic heterocycles. The second-order valence-electron chi connectivity index (χ2n) is 6.51. The van der Waals surface area contributed by atoms with Crippen LogP contribution in [0.5, 0.6) is 0 Å². The second-order valence-corrected chi connectivity index (χ2v) is 6.51. The van der Waals surface area contributed by atoms with E-state index in [4.69, 9.17) is 0 Å². The molecule has 1 atom stereocenters. The number of amides is 3. The largest absolute Gasteiger partial charge is 0.418 e. The Labute approximate surface area is 158 Å². The molecular formula is C17H19F3N6O2. The van der Waals surface area contributed by atoms with Gasteiger partial charge in [0.15, 0.2) is 0 Å². The molecule has 0 spiro atoms. The molecule has 11 heteroatoms. The number of carbonyl (C=O) groups excluding carboxylic acids is 2. The molecule has 0 aliphatic carbocycles. The summed E-state index contributed by atoms with van der Waals surface area (Å²) < 4.78 is 41.5. The van der Waals surface area contributed by atoms with Crippen LogP contribution in [-0.2, 0) is 11.0 Å². The van der Waals surface area contributed by atoms with Gasteiger partial charge in [0, 0.05) is 25.6 Å². The molecule has 28 heavy (non-hydrogen) atoms. The lowest BCUT2D eigenvalue weighted by atomic mass is 10.1. The number of halogens is 3. The van der Waals surface area contributed by atoms with E-state index < -0.39 is 23.8 Å². The zero-order valence-corrected chi connectivity index (χ0v) is 15.0. The van der Waals surface area contributed by atoms with Gasteiger partial charge >= 0.3 is 12.2 Å². The Morgan fingerprint density at radius 2 is 2.14 bits per heavy atom. The average Bonchev–Trinajstić information content (AvgIpc) is 3.27. The number of hydrogen-bond acceptors (Lipinski definition) is 4. The topological polar surface area (TPSA) is 92.2 Å². The summed E-state index contributed by atoms with van der Waals surface area (Å²) in [5, 5.41) is 8.60. The lowest BCUT2D eigenvalue weighted by Crippen LogP contribution is -2.44. The van der Waals surface area contributed by atoms with E-state index in [9.17, 15) is 22.8 Å². The normalized spacial score (nSPS) is 15.6. The van der Waals surface area contributed by atoms with Crippen molar-refractivity contribution >= 4 is 17.6 Å². The number of aromatic nitrogens is 3.